The first kappa shape index (κ1) is 23.3. The summed E-state index contributed by atoms with van der Waals surface area (Å²) in [6.07, 6.45) is 1.71. The Morgan fingerprint density at radius 3 is 2.61 bits per heavy atom. The van der Waals surface area contributed by atoms with Crippen LogP contribution in [0.5, 0.6) is 0 Å². The molecule has 0 N–H and O–H groups in total. The van der Waals surface area contributed by atoms with E-state index in [4.69, 9.17) is 11.6 Å². The van der Waals surface area contributed by atoms with Gasteiger partial charge in [-0.2, -0.15) is 0 Å². The van der Waals surface area contributed by atoms with Crippen molar-refractivity contribution in [3.05, 3.63) is 95.6 Å². The van der Waals surface area contributed by atoms with Crippen molar-refractivity contribution in [3.8, 4) is 5.69 Å². The third-order valence-electron chi connectivity index (χ3n) is 5.25. The van der Waals surface area contributed by atoms with Crippen LogP contribution in [-0.4, -0.2) is 25.5 Å². The minimum absolute atomic E-state index is 0.0277. The van der Waals surface area contributed by atoms with Crippen molar-refractivity contribution in [2.45, 2.75) is 20.4 Å². The second kappa shape index (κ2) is 9.17. The summed E-state index contributed by atoms with van der Waals surface area (Å²) < 4.78 is 2.82. The fourth-order valence-electron chi connectivity index (χ4n) is 3.68. The lowest BCUT2D eigenvalue weighted by Crippen LogP contribution is -2.27. The molecule has 10 heteroatoms. The molecule has 1 aromatic heterocycles. The fraction of sp³-hybridized carbons (Fsp3) is 0.130. The van der Waals surface area contributed by atoms with E-state index in [9.17, 15) is 19.7 Å². The Kier molecular flexibility index (Phi) is 6.47. The predicted octanol–water partition coefficient (Wildman–Crippen LogP) is 6.65. The Labute approximate surface area is 207 Å². The summed E-state index contributed by atoms with van der Waals surface area (Å²) >= 11 is 10.5. The van der Waals surface area contributed by atoms with Crippen LogP contribution < -0.4 is 0 Å². The number of benzene rings is 2. The van der Waals surface area contributed by atoms with Crippen molar-refractivity contribution in [1.29, 1.82) is 0 Å². The van der Waals surface area contributed by atoms with Gasteiger partial charge in [-0.3, -0.25) is 24.6 Å². The molecule has 4 rings (SSSR count). The van der Waals surface area contributed by atoms with Gasteiger partial charge < -0.3 is 4.57 Å². The van der Waals surface area contributed by atoms with Crippen LogP contribution in [0.3, 0.4) is 0 Å². The first-order valence-electron chi connectivity index (χ1n) is 9.79. The summed E-state index contributed by atoms with van der Waals surface area (Å²) in [5.41, 5.74) is 3.97. The molecule has 0 saturated carbocycles. The lowest BCUT2D eigenvalue weighted by atomic mass is 10.2. The molecule has 7 nitrogen and oxygen atoms in total. The Bertz CT molecular complexity index is 1350. The molecule has 1 fully saturated rings. The zero-order valence-electron chi connectivity index (χ0n) is 17.5. The SMILES string of the molecule is Cc1cc(/C=C2/SC(=O)N(Cc3cccc([N+](=O)[O-])c3)C2=O)c(C)n1-c1ccc(Br)c(Cl)c1. The lowest BCUT2D eigenvalue weighted by molar-refractivity contribution is -0.384. The van der Waals surface area contributed by atoms with Crippen LogP contribution in [0, 0.1) is 24.0 Å². The number of nitrogens with zero attached hydrogens (tertiary/aromatic N) is 3. The second-order valence-corrected chi connectivity index (χ2v) is 9.71. The number of halogens is 2. The van der Waals surface area contributed by atoms with Crippen molar-refractivity contribution in [1.82, 2.24) is 9.47 Å². The lowest BCUT2D eigenvalue weighted by Gasteiger charge is -2.12. The van der Waals surface area contributed by atoms with Crippen LogP contribution in [0.15, 0.2) is 57.9 Å². The summed E-state index contributed by atoms with van der Waals surface area (Å²) in [6, 6.07) is 13.5. The molecule has 33 heavy (non-hydrogen) atoms. The number of nitro groups is 1. The monoisotopic (exact) mass is 545 g/mol. The van der Waals surface area contributed by atoms with Crippen molar-refractivity contribution in [3.63, 3.8) is 0 Å². The number of aromatic nitrogens is 1. The maximum absolute atomic E-state index is 13.0. The van der Waals surface area contributed by atoms with Gasteiger partial charge in [0.1, 0.15) is 0 Å². The van der Waals surface area contributed by atoms with Crippen molar-refractivity contribution in [2.24, 2.45) is 0 Å². The highest BCUT2D eigenvalue weighted by Gasteiger charge is 2.35. The second-order valence-electron chi connectivity index (χ2n) is 7.46. The first-order valence-corrected chi connectivity index (χ1v) is 11.8. The third kappa shape index (κ3) is 4.62. The molecule has 1 aliphatic rings. The molecule has 0 unspecified atom stereocenters. The van der Waals surface area contributed by atoms with Crippen molar-refractivity contribution in [2.75, 3.05) is 0 Å². The van der Waals surface area contributed by atoms with Gasteiger partial charge in [0, 0.05) is 33.7 Å². The molecule has 1 aliphatic heterocycles. The average Bonchev–Trinajstić information content (AvgIpc) is 3.19. The highest BCUT2D eigenvalue weighted by atomic mass is 79.9. The van der Waals surface area contributed by atoms with E-state index in [-0.39, 0.29) is 12.2 Å². The molecule has 168 valence electrons. The quantitative estimate of drug-likeness (QED) is 0.203. The van der Waals surface area contributed by atoms with E-state index >= 15 is 0 Å². The van der Waals surface area contributed by atoms with Crippen LogP contribution in [0.25, 0.3) is 11.8 Å². The highest BCUT2D eigenvalue weighted by Crippen LogP contribution is 2.35. The summed E-state index contributed by atoms with van der Waals surface area (Å²) in [4.78, 5) is 37.4. The Morgan fingerprint density at radius 2 is 1.91 bits per heavy atom. The standard InChI is InChI=1S/C23H17BrClN3O4S/c1-13-8-16(14(2)27(13)17-6-7-19(24)20(25)11-17)10-21-22(29)26(23(30)33-21)12-15-4-3-5-18(9-15)28(31)32/h3-11H,12H2,1-2H3/b21-10+. The van der Waals surface area contributed by atoms with E-state index < -0.39 is 16.1 Å². The van der Waals surface area contributed by atoms with E-state index in [1.807, 2.05) is 42.7 Å². The number of carbonyl (C=O) groups excluding carboxylic acids is 2. The first-order chi connectivity index (χ1) is 15.7. The van der Waals surface area contributed by atoms with Gasteiger partial charge in [0.05, 0.1) is 21.4 Å². The number of imide groups is 1. The molecular formula is C23H17BrClN3O4S. The van der Waals surface area contributed by atoms with Gasteiger partial charge in [-0.25, -0.2) is 0 Å². The van der Waals surface area contributed by atoms with Gasteiger partial charge in [0.25, 0.3) is 16.8 Å². The molecule has 3 aromatic rings. The molecule has 1 saturated heterocycles. The molecule has 0 spiro atoms. The minimum Gasteiger partial charge on any atom is -0.318 e. The zero-order valence-corrected chi connectivity index (χ0v) is 20.7. The summed E-state index contributed by atoms with van der Waals surface area (Å²) in [7, 11) is 0. The molecule has 0 radical (unpaired) electrons. The number of rotatable bonds is 5. The van der Waals surface area contributed by atoms with E-state index in [1.54, 1.807) is 12.1 Å². The van der Waals surface area contributed by atoms with E-state index in [1.165, 1.54) is 18.2 Å². The maximum atomic E-state index is 13.0. The van der Waals surface area contributed by atoms with E-state index in [2.05, 4.69) is 15.9 Å². The smallest absolute Gasteiger partial charge is 0.293 e. The minimum atomic E-state index is -0.508. The van der Waals surface area contributed by atoms with E-state index in [0.29, 0.717) is 15.5 Å². The topological polar surface area (TPSA) is 85.5 Å². The van der Waals surface area contributed by atoms with Crippen LogP contribution >= 0.6 is 39.3 Å². The normalized spacial score (nSPS) is 15.0. The largest absolute Gasteiger partial charge is 0.318 e. The highest BCUT2D eigenvalue weighted by molar-refractivity contribution is 9.10. The van der Waals surface area contributed by atoms with Crippen molar-refractivity contribution < 1.29 is 14.5 Å². The third-order valence-corrected chi connectivity index (χ3v) is 7.39. The number of non-ortho nitro benzene ring substituents is 1. The van der Waals surface area contributed by atoms with Crippen LogP contribution in [0.4, 0.5) is 10.5 Å². The Balaban J connectivity index is 1.62. The zero-order chi connectivity index (χ0) is 23.9. The van der Waals surface area contributed by atoms with Crippen LogP contribution in [0.1, 0.15) is 22.5 Å². The van der Waals surface area contributed by atoms with Crippen molar-refractivity contribution >= 4 is 62.2 Å². The molecule has 2 amide bonds. The Morgan fingerprint density at radius 1 is 1.15 bits per heavy atom. The molecular weight excluding hydrogens is 530 g/mol. The maximum Gasteiger partial charge on any atom is 0.293 e. The summed E-state index contributed by atoms with van der Waals surface area (Å²) in [5.74, 6) is -0.423. The average molecular weight is 547 g/mol. The summed E-state index contributed by atoms with van der Waals surface area (Å²) in [6.45, 7) is 3.86. The fourth-order valence-corrected chi connectivity index (χ4v) is 4.93. The van der Waals surface area contributed by atoms with Gasteiger partial charge in [-0.1, -0.05) is 23.7 Å². The van der Waals surface area contributed by atoms with Gasteiger partial charge >= 0.3 is 0 Å². The number of nitro benzene ring substituents is 1. The molecule has 0 atom stereocenters. The van der Waals surface area contributed by atoms with Gasteiger partial charge in [-0.05, 0) is 83.0 Å². The molecule has 0 bridgehead atoms. The predicted molar refractivity (Wildman–Crippen MR) is 133 cm³/mol. The Hall–Kier alpha value is -2.88. The number of carbonyl (C=O) groups is 2. The van der Waals surface area contributed by atoms with E-state index in [0.717, 1.165) is 43.8 Å². The number of hydrogen-bond acceptors (Lipinski definition) is 5. The molecule has 2 aromatic carbocycles. The number of hydrogen-bond donors (Lipinski definition) is 0. The van der Waals surface area contributed by atoms with Gasteiger partial charge in [0.15, 0.2) is 0 Å². The van der Waals surface area contributed by atoms with Crippen LogP contribution in [0.2, 0.25) is 5.02 Å². The summed E-state index contributed by atoms with van der Waals surface area (Å²) in [5, 5.41) is 11.2. The van der Waals surface area contributed by atoms with Crippen LogP contribution in [-0.2, 0) is 11.3 Å². The number of aryl methyl sites for hydroxylation is 1. The number of thioether (sulfide) groups is 1. The van der Waals surface area contributed by atoms with Gasteiger partial charge in [0.2, 0.25) is 0 Å². The molecule has 0 aliphatic carbocycles. The van der Waals surface area contributed by atoms with Gasteiger partial charge in [-0.15, -0.1) is 0 Å². The molecule has 2 heterocycles. The number of amides is 2.